The molecule has 5 nitrogen and oxygen atoms in total. The summed E-state index contributed by atoms with van der Waals surface area (Å²) < 4.78 is 24.5. The number of anilines is 1. The molecule has 1 fully saturated rings. The Morgan fingerprint density at radius 3 is 2.38 bits per heavy atom. The minimum Gasteiger partial charge on any atom is -0.494 e. The van der Waals surface area contributed by atoms with Crippen LogP contribution in [0.5, 0.6) is 5.75 Å². The third kappa shape index (κ3) is 5.48. The summed E-state index contributed by atoms with van der Waals surface area (Å²) in [5.41, 5.74) is 2.51. The summed E-state index contributed by atoms with van der Waals surface area (Å²) in [6, 6.07) is 12.0. The Bertz CT molecular complexity index is 815. The first-order valence-corrected chi connectivity index (χ1v) is 10.1. The van der Waals surface area contributed by atoms with Gasteiger partial charge in [-0.2, -0.15) is 0 Å². The number of amides is 1. The minimum atomic E-state index is -0.240. The van der Waals surface area contributed by atoms with E-state index in [4.69, 9.17) is 9.47 Å². The van der Waals surface area contributed by atoms with Crippen LogP contribution in [0.15, 0.2) is 42.5 Å². The van der Waals surface area contributed by atoms with Crippen molar-refractivity contribution < 1.29 is 18.7 Å². The van der Waals surface area contributed by atoms with Gasteiger partial charge in [-0.15, -0.1) is 0 Å². The van der Waals surface area contributed by atoms with Crippen molar-refractivity contribution in [2.45, 2.75) is 33.5 Å². The fourth-order valence-electron chi connectivity index (χ4n) is 3.38. The van der Waals surface area contributed by atoms with Gasteiger partial charge in [-0.25, -0.2) is 4.39 Å². The molecule has 1 aliphatic rings. The minimum absolute atomic E-state index is 0.0117. The van der Waals surface area contributed by atoms with Crippen LogP contribution in [0.3, 0.4) is 0 Å². The Hall–Kier alpha value is -2.60. The van der Waals surface area contributed by atoms with E-state index in [1.807, 2.05) is 43.9 Å². The number of hydrogen-bond acceptors (Lipinski definition) is 4. The van der Waals surface area contributed by atoms with E-state index in [0.29, 0.717) is 31.9 Å². The molecule has 1 heterocycles. The third-order valence-electron chi connectivity index (χ3n) is 4.94. The quantitative estimate of drug-likeness (QED) is 0.701. The Balaban J connectivity index is 1.67. The van der Waals surface area contributed by atoms with Gasteiger partial charge in [0, 0.05) is 43.0 Å². The normalized spacial score (nSPS) is 14.4. The Morgan fingerprint density at radius 2 is 1.76 bits per heavy atom. The van der Waals surface area contributed by atoms with Gasteiger partial charge in [0.15, 0.2) is 0 Å². The van der Waals surface area contributed by atoms with E-state index < -0.39 is 0 Å². The topological polar surface area (TPSA) is 42.0 Å². The smallest absolute Gasteiger partial charge is 0.253 e. The van der Waals surface area contributed by atoms with Crippen LogP contribution in [0, 0.1) is 5.82 Å². The fourth-order valence-corrected chi connectivity index (χ4v) is 3.38. The fraction of sp³-hybridized carbons (Fsp3) is 0.435. The molecule has 0 N–H and O–H groups in total. The second-order valence-electron chi connectivity index (χ2n) is 7.37. The molecule has 0 aliphatic carbocycles. The van der Waals surface area contributed by atoms with E-state index in [9.17, 15) is 9.18 Å². The molecule has 3 rings (SSSR count). The lowest BCUT2D eigenvalue weighted by Crippen LogP contribution is -2.48. The molecule has 1 aliphatic heterocycles. The summed E-state index contributed by atoms with van der Waals surface area (Å²) >= 11 is 0. The molecular weight excluding hydrogens is 371 g/mol. The number of carbonyl (C=O) groups is 1. The van der Waals surface area contributed by atoms with Gasteiger partial charge < -0.3 is 19.3 Å². The van der Waals surface area contributed by atoms with E-state index >= 15 is 0 Å². The van der Waals surface area contributed by atoms with Gasteiger partial charge in [-0.05, 0) is 63.2 Å². The lowest BCUT2D eigenvalue weighted by Gasteiger charge is -2.36. The van der Waals surface area contributed by atoms with Crippen molar-refractivity contribution >= 4 is 11.6 Å². The van der Waals surface area contributed by atoms with Crippen LogP contribution in [-0.2, 0) is 11.3 Å². The molecular formula is C23H29FN2O3. The number of carbonyl (C=O) groups excluding carboxylic acids is 1. The van der Waals surface area contributed by atoms with Crippen LogP contribution >= 0.6 is 0 Å². The Morgan fingerprint density at radius 1 is 1.07 bits per heavy atom. The molecule has 29 heavy (non-hydrogen) atoms. The van der Waals surface area contributed by atoms with Crippen LogP contribution in [-0.4, -0.2) is 49.7 Å². The molecule has 2 aromatic rings. The number of ether oxygens (including phenoxy) is 2. The molecule has 1 amide bonds. The van der Waals surface area contributed by atoms with Crippen LogP contribution in [0.25, 0.3) is 0 Å². The highest BCUT2D eigenvalue weighted by molar-refractivity contribution is 5.94. The number of nitrogens with zero attached hydrogens (tertiary/aromatic N) is 2. The molecule has 0 unspecified atom stereocenters. The first kappa shape index (κ1) is 21.1. The molecule has 6 heteroatoms. The number of piperazine rings is 1. The van der Waals surface area contributed by atoms with Crippen molar-refractivity contribution in [1.29, 1.82) is 0 Å². The zero-order valence-corrected chi connectivity index (χ0v) is 17.4. The first-order chi connectivity index (χ1) is 14.0. The molecule has 0 spiro atoms. The van der Waals surface area contributed by atoms with Gasteiger partial charge in [0.1, 0.15) is 11.6 Å². The summed E-state index contributed by atoms with van der Waals surface area (Å²) in [4.78, 5) is 17.1. The maximum atomic E-state index is 13.1. The lowest BCUT2D eigenvalue weighted by atomic mass is 10.1. The Labute approximate surface area is 172 Å². The third-order valence-corrected chi connectivity index (χ3v) is 4.94. The van der Waals surface area contributed by atoms with Crippen LogP contribution in [0.1, 0.15) is 36.7 Å². The van der Waals surface area contributed by atoms with Crippen LogP contribution in [0.2, 0.25) is 0 Å². The van der Waals surface area contributed by atoms with Gasteiger partial charge in [0.2, 0.25) is 0 Å². The molecule has 0 bridgehead atoms. The summed E-state index contributed by atoms with van der Waals surface area (Å²) in [5, 5.41) is 0. The van der Waals surface area contributed by atoms with E-state index in [1.54, 1.807) is 12.1 Å². The summed E-state index contributed by atoms with van der Waals surface area (Å²) in [5.74, 6) is 0.527. The van der Waals surface area contributed by atoms with E-state index in [2.05, 4.69) is 4.90 Å². The van der Waals surface area contributed by atoms with Gasteiger partial charge in [-0.3, -0.25) is 4.79 Å². The highest BCUT2D eigenvalue weighted by Crippen LogP contribution is 2.24. The summed E-state index contributed by atoms with van der Waals surface area (Å²) in [7, 11) is 0. The van der Waals surface area contributed by atoms with Gasteiger partial charge in [0.25, 0.3) is 5.91 Å². The second kappa shape index (κ2) is 9.74. The van der Waals surface area contributed by atoms with Crippen molar-refractivity contribution in [1.82, 2.24) is 4.90 Å². The summed E-state index contributed by atoms with van der Waals surface area (Å²) in [6.07, 6.45) is 0.100. The average molecular weight is 400 g/mol. The van der Waals surface area contributed by atoms with Crippen molar-refractivity contribution in [3.05, 3.63) is 59.4 Å². The highest BCUT2D eigenvalue weighted by atomic mass is 19.1. The van der Waals surface area contributed by atoms with Gasteiger partial charge in [0.05, 0.1) is 19.3 Å². The maximum absolute atomic E-state index is 13.1. The highest BCUT2D eigenvalue weighted by Gasteiger charge is 2.23. The SMILES string of the molecule is CCOc1ccc(C(=O)N2CCN(c3ccc(F)cc3)CC2)cc1COC(C)C. The number of benzene rings is 2. The maximum Gasteiger partial charge on any atom is 0.253 e. The Kier molecular flexibility index (Phi) is 7.09. The van der Waals surface area contributed by atoms with Crippen molar-refractivity contribution in [3.63, 3.8) is 0 Å². The predicted molar refractivity (Wildman–Crippen MR) is 112 cm³/mol. The predicted octanol–water partition coefficient (Wildman–Crippen LogP) is 4.11. The molecule has 1 saturated heterocycles. The lowest BCUT2D eigenvalue weighted by molar-refractivity contribution is 0.0639. The van der Waals surface area contributed by atoms with Crippen molar-refractivity contribution in [2.24, 2.45) is 0 Å². The number of rotatable bonds is 7. The van der Waals surface area contributed by atoms with Crippen LogP contribution < -0.4 is 9.64 Å². The van der Waals surface area contributed by atoms with E-state index in [0.717, 1.165) is 30.1 Å². The second-order valence-corrected chi connectivity index (χ2v) is 7.37. The van der Waals surface area contributed by atoms with Crippen molar-refractivity contribution in [2.75, 3.05) is 37.7 Å². The van der Waals surface area contributed by atoms with Gasteiger partial charge in [-0.1, -0.05) is 0 Å². The largest absolute Gasteiger partial charge is 0.494 e. The zero-order chi connectivity index (χ0) is 20.8. The average Bonchev–Trinajstić information content (AvgIpc) is 2.73. The summed E-state index contributed by atoms with van der Waals surface area (Å²) in [6.45, 7) is 9.57. The molecule has 0 radical (unpaired) electrons. The first-order valence-electron chi connectivity index (χ1n) is 10.1. The molecule has 0 aromatic heterocycles. The number of halogens is 1. The van der Waals surface area contributed by atoms with Crippen LogP contribution in [0.4, 0.5) is 10.1 Å². The van der Waals surface area contributed by atoms with E-state index in [-0.39, 0.29) is 17.8 Å². The number of hydrogen-bond donors (Lipinski definition) is 0. The molecule has 0 saturated carbocycles. The standard InChI is InChI=1S/C23H29FN2O3/c1-4-28-22-10-5-18(15-19(22)16-29-17(2)3)23(27)26-13-11-25(12-14-26)21-8-6-20(24)7-9-21/h5-10,15,17H,4,11-14,16H2,1-3H3. The monoisotopic (exact) mass is 400 g/mol. The molecule has 156 valence electrons. The van der Waals surface area contributed by atoms with Gasteiger partial charge >= 0.3 is 0 Å². The molecule has 2 aromatic carbocycles. The molecule has 0 atom stereocenters. The van der Waals surface area contributed by atoms with Crippen molar-refractivity contribution in [3.8, 4) is 5.75 Å². The zero-order valence-electron chi connectivity index (χ0n) is 17.4. The van der Waals surface area contributed by atoms with E-state index in [1.165, 1.54) is 12.1 Å².